The SMILES string of the molecule is CC(CC(O)c1ccccc1)NC(=O)CN(C)c1ccccc1. The molecule has 0 heterocycles. The van der Waals surface area contributed by atoms with E-state index in [1.807, 2.05) is 79.5 Å². The normalized spacial score (nSPS) is 13.2. The lowest BCUT2D eigenvalue weighted by Crippen LogP contribution is -2.40. The molecule has 0 aromatic heterocycles. The number of amides is 1. The number of carbonyl (C=O) groups is 1. The number of aliphatic hydroxyl groups excluding tert-OH is 1. The minimum absolute atomic E-state index is 0.0517. The molecule has 0 aliphatic rings. The standard InChI is InChI=1S/C19H24N2O2/c1-15(13-18(22)16-9-5-3-6-10-16)20-19(23)14-21(2)17-11-7-4-8-12-17/h3-12,15,18,22H,13-14H2,1-2H3,(H,20,23). The van der Waals surface area contributed by atoms with Gasteiger partial charge in [0.2, 0.25) is 5.91 Å². The molecule has 23 heavy (non-hydrogen) atoms. The molecule has 0 radical (unpaired) electrons. The number of hydrogen-bond donors (Lipinski definition) is 2. The van der Waals surface area contributed by atoms with Crippen LogP contribution in [0.15, 0.2) is 60.7 Å². The fraction of sp³-hybridized carbons (Fsp3) is 0.316. The van der Waals surface area contributed by atoms with Crippen molar-refractivity contribution in [1.29, 1.82) is 0 Å². The van der Waals surface area contributed by atoms with Gasteiger partial charge in [-0.1, -0.05) is 48.5 Å². The lowest BCUT2D eigenvalue weighted by atomic mass is 10.0. The van der Waals surface area contributed by atoms with E-state index < -0.39 is 6.10 Å². The Bertz CT molecular complexity index is 601. The van der Waals surface area contributed by atoms with Crippen LogP contribution < -0.4 is 10.2 Å². The van der Waals surface area contributed by atoms with Crippen molar-refractivity contribution in [3.05, 3.63) is 66.2 Å². The van der Waals surface area contributed by atoms with E-state index >= 15 is 0 Å². The number of carbonyl (C=O) groups excluding carboxylic acids is 1. The zero-order chi connectivity index (χ0) is 16.7. The maximum Gasteiger partial charge on any atom is 0.239 e. The van der Waals surface area contributed by atoms with Gasteiger partial charge < -0.3 is 15.3 Å². The fourth-order valence-electron chi connectivity index (χ4n) is 2.51. The molecule has 2 aromatic carbocycles. The predicted molar refractivity (Wildman–Crippen MR) is 93.3 cm³/mol. The first kappa shape index (κ1) is 17.0. The maximum absolute atomic E-state index is 12.1. The summed E-state index contributed by atoms with van der Waals surface area (Å²) in [5.41, 5.74) is 1.87. The van der Waals surface area contributed by atoms with E-state index in [4.69, 9.17) is 0 Å². The number of rotatable bonds is 7. The lowest BCUT2D eigenvalue weighted by molar-refractivity contribution is -0.120. The Morgan fingerprint density at radius 2 is 1.65 bits per heavy atom. The third-order valence-electron chi connectivity index (χ3n) is 3.75. The Labute approximate surface area is 137 Å². The molecule has 0 saturated carbocycles. The summed E-state index contributed by atoms with van der Waals surface area (Å²) in [5.74, 6) is -0.0517. The first-order valence-electron chi connectivity index (χ1n) is 7.85. The van der Waals surface area contributed by atoms with E-state index in [0.717, 1.165) is 11.3 Å². The third-order valence-corrected chi connectivity index (χ3v) is 3.75. The minimum atomic E-state index is -0.571. The third kappa shape index (κ3) is 5.42. The lowest BCUT2D eigenvalue weighted by Gasteiger charge is -2.22. The highest BCUT2D eigenvalue weighted by Crippen LogP contribution is 2.17. The van der Waals surface area contributed by atoms with Crippen molar-refractivity contribution in [1.82, 2.24) is 5.32 Å². The quantitative estimate of drug-likeness (QED) is 0.826. The maximum atomic E-state index is 12.1. The smallest absolute Gasteiger partial charge is 0.239 e. The molecular weight excluding hydrogens is 288 g/mol. The molecule has 1 amide bonds. The van der Waals surface area contributed by atoms with Crippen molar-refractivity contribution in [3.8, 4) is 0 Å². The first-order chi connectivity index (χ1) is 11.1. The van der Waals surface area contributed by atoms with Crippen LogP contribution in [0.25, 0.3) is 0 Å². The monoisotopic (exact) mass is 312 g/mol. The summed E-state index contributed by atoms with van der Waals surface area (Å²) in [6.07, 6.45) is -0.0801. The average molecular weight is 312 g/mol. The van der Waals surface area contributed by atoms with Gasteiger partial charge in [0.25, 0.3) is 0 Å². The van der Waals surface area contributed by atoms with Crippen molar-refractivity contribution < 1.29 is 9.90 Å². The molecule has 0 aliphatic heterocycles. The summed E-state index contributed by atoms with van der Waals surface area (Å²) in [4.78, 5) is 14.0. The van der Waals surface area contributed by atoms with Crippen molar-refractivity contribution in [3.63, 3.8) is 0 Å². The summed E-state index contributed by atoms with van der Waals surface area (Å²) in [6.45, 7) is 2.20. The van der Waals surface area contributed by atoms with Gasteiger partial charge in [-0.25, -0.2) is 0 Å². The Morgan fingerprint density at radius 3 is 2.26 bits per heavy atom. The van der Waals surface area contributed by atoms with Crippen LogP contribution in [0.1, 0.15) is 25.0 Å². The van der Waals surface area contributed by atoms with Crippen LogP contribution in [0.5, 0.6) is 0 Å². The van der Waals surface area contributed by atoms with Gasteiger partial charge in [0.1, 0.15) is 0 Å². The predicted octanol–water partition coefficient (Wildman–Crippen LogP) is 2.75. The van der Waals surface area contributed by atoms with Crippen LogP contribution in [0, 0.1) is 0 Å². The van der Waals surface area contributed by atoms with E-state index in [2.05, 4.69) is 5.32 Å². The van der Waals surface area contributed by atoms with E-state index in [1.54, 1.807) is 0 Å². The number of nitrogens with one attached hydrogen (secondary N) is 1. The number of benzene rings is 2. The molecule has 122 valence electrons. The largest absolute Gasteiger partial charge is 0.388 e. The fourth-order valence-corrected chi connectivity index (χ4v) is 2.51. The highest BCUT2D eigenvalue weighted by atomic mass is 16.3. The van der Waals surface area contributed by atoms with Gasteiger partial charge >= 0.3 is 0 Å². The van der Waals surface area contributed by atoms with Gasteiger partial charge in [0.05, 0.1) is 12.6 Å². The molecule has 2 aromatic rings. The van der Waals surface area contributed by atoms with Crippen molar-refractivity contribution in [2.24, 2.45) is 0 Å². The van der Waals surface area contributed by atoms with E-state index in [1.165, 1.54) is 0 Å². The number of aliphatic hydroxyl groups is 1. The summed E-state index contributed by atoms with van der Waals surface area (Å²) >= 11 is 0. The molecule has 2 atom stereocenters. The molecule has 0 bridgehead atoms. The summed E-state index contributed by atoms with van der Waals surface area (Å²) in [7, 11) is 1.89. The van der Waals surface area contributed by atoms with Crippen LogP contribution in [-0.4, -0.2) is 30.6 Å². The number of anilines is 1. The Balaban J connectivity index is 1.80. The van der Waals surface area contributed by atoms with Gasteiger partial charge in [0, 0.05) is 18.8 Å². The number of likely N-dealkylation sites (N-methyl/N-ethyl adjacent to an activating group) is 1. The van der Waals surface area contributed by atoms with Crippen LogP contribution in [0.3, 0.4) is 0 Å². The molecule has 4 nitrogen and oxygen atoms in total. The molecule has 2 rings (SSSR count). The molecule has 0 fully saturated rings. The van der Waals surface area contributed by atoms with Crippen molar-refractivity contribution >= 4 is 11.6 Å². The van der Waals surface area contributed by atoms with Crippen molar-refractivity contribution in [2.75, 3.05) is 18.5 Å². The second-order valence-corrected chi connectivity index (χ2v) is 5.82. The highest BCUT2D eigenvalue weighted by Gasteiger charge is 2.15. The summed E-state index contributed by atoms with van der Waals surface area (Å²) < 4.78 is 0. The summed E-state index contributed by atoms with van der Waals surface area (Å²) in [5, 5.41) is 13.1. The van der Waals surface area contributed by atoms with Gasteiger partial charge in [-0.05, 0) is 31.0 Å². The van der Waals surface area contributed by atoms with Crippen molar-refractivity contribution in [2.45, 2.75) is 25.5 Å². The van der Waals surface area contributed by atoms with Gasteiger partial charge in [-0.2, -0.15) is 0 Å². The molecule has 0 spiro atoms. The van der Waals surface area contributed by atoms with E-state index in [0.29, 0.717) is 6.42 Å². The van der Waals surface area contributed by atoms with E-state index in [9.17, 15) is 9.90 Å². The van der Waals surface area contributed by atoms with E-state index in [-0.39, 0.29) is 18.5 Å². The second-order valence-electron chi connectivity index (χ2n) is 5.82. The Kier molecular flexibility index (Phi) is 6.18. The number of hydrogen-bond acceptors (Lipinski definition) is 3. The highest BCUT2D eigenvalue weighted by molar-refractivity contribution is 5.81. The molecule has 2 unspecified atom stereocenters. The number of para-hydroxylation sites is 1. The average Bonchev–Trinajstić information content (AvgIpc) is 2.56. The van der Waals surface area contributed by atoms with Gasteiger partial charge in [0.15, 0.2) is 0 Å². The van der Waals surface area contributed by atoms with Crippen LogP contribution >= 0.6 is 0 Å². The van der Waals surface area contributed by atoms with Crippen LogP contribution in [0.4, 0.5) is 5.69 Å². The zero-order valence-corrected chi connectivity index (χ0v) is 13.6. The second kappa shape index (κ2) is 8.34. The minimum Gasteiger partial charge on any atom is -0.388 e. The van der Waals surface area contributed by atoms with Crippen LogP contribution in [0.2, 0.25) is 0 Å². The molecule has 4 heteroatoms. The molecule has 0 aliphatic carbocycles. The number of nitrogens with zero attached hydrogens (tertiary/aromatic N) is 1. The molecule has 2 N–H and O–H groups in total. The van der Waals surface area contributed by atoms with Gasteiger partial charge in [-0.15, -0.1) is 0 Å². The Hall–Kier alpha value is -2.33. The molecular formula is C19H24N2O2. The van der Waals surface area contributed by atoms with Crippen LogP contribution in [-0.2, 0) is 4.79 Å². The van der Waals surface area contributed by atoms with Gasteiger partial charge in [-0.3, -0.25) is 4.79 Å². The summed E-state index contributed by atoms with van der Waals surface area (Å²) in [6, 6.07) is 19.2. The zero-order valence-electron chi connectivity index (χ0n) is 13.6. The first-order valence-corrected chi connectivity index (χ1v) is 7.85. The molecule has 0 saturated heterocycles. The Morgan fingerprint density at radius 1 is 1.09 bits per heavy atom. The topological polar surface area (TPSA) is 52.6 Å².